The van der Waals surface area contributed by atoms with Crippen molar-refractivity contribution in [2.45, 2.75) is 33.2 Å². The van der Waals surface area contributed by atoms with Crippen molar-refractivity contribution in [2.75, 3.05) is 11.9 Å². The number of halogens is 2. The van der Waals surface area contributed by atoms with Crippen LogP contribution in [0.2, 0.25) is 10.0 Å². The van der Waals surface area contributed by atoms with E-state index >= 15 is 0 Å². The maximum absolute atomic E-state index is 6.24. The minimum Gasteiger partial charge on any atom is -0.369 e. The van der Waals surface area contributed by atoms with Crippen LogP contribution in [0, 0.1) is 0 Å². The number of hydrogen-bond acceptors (Lipinski definition) is 3. The zero-order valence-electron chi connectivity index (χ0n) is 11.7. The first kappa shape index (κ1) is 15.1. The average Bonchev–Trinajstić information content (AvgIpc) is 2.83. The van der Waals surface area contributed by atoms with Crippen LogP contribution in [0.5, 0.6) is 0 Å². The van der Waals surface area contributed by atoms with E-state index in [4.69, 9.17) is 23.2 Å². The van der Waals surface area contributed by atoms with Crippen LogP contribution in [-0.2, 0) is 13.0 Å². The van der Waals surface area contributed by atoms with E-state index in [9.17, 15) is 0 Å². The van der Waals surface area contributed by atoms with Crippen LogP contribution in [0.1, 0.15) is 31.8 Å². The smallest absolute Gasteiger partial charge is 0.145 e. The Hall–Kier alpha value is -1.26. The van der Waals surface area contributed by atoms with E-state index in [1.807, 2.05) is 13.1 Å². The minimum absolute atomic E-state index is 0.539. The number of rotatable bonds is 6. The molecule has 0 aliphatic rings. The van der Waals surface area contributed by atoms with Crippen molar-refractivity contribution in [1.82, 2.24) is 14.5 Å². The zero-order valence-corrected chi connectivity index (χ0v) is 13.2. The summed E-state index contributed by atoms with van der Waals surface area (Å²) >= 11 is 12.3. The highest BCUT2D eigenvalue weighted by Crippen LogP contribution is 2.27. The molecule has 2 aromatic rings. The molecule has 108 valence electrons. The lowest BCUT2D eigenvalue weighted by molar-refractivity contribution is 0.645. The van der Waals surface area contributed by atoms with Gasteiger partial charge in [0, 0.05) is 31.9 Å². The second kappa shape index (κ2) is 6.95. The van der Waals surface area contributed by atoms with E-state index in [1.165, 1.54) is 0 Å². The molecule has 4 nitrogen and oxygen atoms in total. The Morgan fingerprint density at radius 3 is 2.75 bits per heavy atom. The van der Waals surface area contributed by atoms with Gasteiger partial charge in [0.1, 0.15) is 11.6 Å². The summed E-state index contributed by atoms with van der Waals surface area (Å²) in [6.07, 6.45) is 5.45. The number of anilines is 1. The van der Waals surface area contributed by atoms with Gasteiger partial charge in [-0.25, -0.2) is 9.97 Å². The quantitative estimate of drug-likeness (QED) is 0.876. The fourth-order valence-electron chi connectivity index (χ4n) is 2.02. The molecule has 1 N–H and O–H groups in total. The van der Waals surface area contributed by atoms with Gasteiger partial charge in [-0.2, -0.15) is 0 Å². The van der Waals surface area contributed by atoms with Crippen molar-refractivity contribution in [3.63, 3.8) is 0 Å². The first-order chi connectivity index (χ1) is 9.65. The highest BCUT2D eigenvalue weighted by molar-refractivity contribution is 6.36. The van der Waals surface area contributed by atoms with Gasteiger partial charge in [-0.1, -0.05) is 30.1 Å². The van der Waals surface area contributed by atoms with Gasteiger partial charge in [-0.05, 0) is 19.4 Å². The molecule has 0 spiro atoms. The fraction of sp³-hybridized carbons (Fsp3) is 0.429. The molecule has 2 heterocycles. The molecule has 0 amide bonds. The summed E-state index contributed by atoms with van der Waals surface area (Å²) in [6, 6.07) is 1.73. The Kier molecular flexibility index (Phi) is 5.26. The lowest BCUT2D eigenvalue weighted by Gasteiger charge is -2.11. The number of nitrogens with one attached hydrogen (secondary N) is 1. The largest absolute Gasteiger partial charge is 0.369 e. The van der Waals surface area contributed by atoms with Crippen molar-refractivity contribution in [2.24, 2.45) is 0 Å². The van der Waals surface area contributed by atoms with Crippen LogP contribution >= 0.6 is 23.2 Å². The summed E-state index contributed by atoms with van der Waals surface area (Å²) < 4.78 is 2.12. The van der Waals surface area contributed by atoms with Gasteiger partial charge < -0.3 is 9.88 Å². The van der Waals surface area contributed by atoms with Crippen molar-refractivity contribution in [3.8, 4) is 0 Å². The molecule has 0 atom stereocenters. The fourth-order valence-corrected chi connectivity index (χ4v) is 2.51. The number of aryl methyl sites for hydroxylation is 1. The van der Waals surface area contributed by atoms with Crippen LogP contribution < -0.4 is 5.32 Å². The van der Waals surface area contributed by atoms with E-state index in [0.717, 1.165) is 31.0 Å². The SMILES string of the molecule is CCCn1ccnc1Cc1nc(NCC)c(Cl)cc1Cl. The Labute approximate surface area is 129 Å². The molecule has 0 bridgehead atoms. The monoisotopic (exact) mass is 312 g/mol. The molecule has 0 aliphatic heterocycles. The predicted molar refractivity (Wildman–Crippen MR) is 83.7 cm³/mol. The van der Waals surface area contributed by atoms with E-state index < -0.39 is 0 Å². The van der Waals surface area contributed by atoms with Gasteiger partial charge in [-0.3, -0.25) is 0 Å². The molecule has 20 heavy (non-hydrogen) atoms. The molecule has 0 fully saturated rings. The van der Waals surface area contributed by atoms with Crippen LogP contribution in [0.3, 0.4) is 0 Å². The molecule has 0 aromatic carbocycles. The van der Waals surface area contributed by atoms with Crippen molar-refractivity contribution in [3.05, 3.63) is 40.0 Å². The van der Waals surface area contributed by atoms with E-state index in [2.05, 4.69) is 26.8 Å². The summed E-state index contributed by atoms with van der Waals surface area (Å²) in [5.41, 5.74) is 0.788. The summed E-state index contributed by atoms with van der Waals surface area (Å²) in [5.74, 6) is 1.63. The summed E-state index contributed by atoms with van der Waals surface area (Å²) in [5, 5.41) is 4.25. The second-order valence-corrected chi connectivity index (χ2v) is 5.31. The van der Waals surface area contributed by atoms with Gasteiger partial charge >= 0.3 is 0 Å². The third-order valence-electron chi connectivity index (χ3n) is 2.94. The standard InChI is InChI=1S/C14H18Cl2N4/c1-3-6-20-7-5-18-13(20)9-12-10(15)8-11(16)14(19-12)17-4-2/h5,7-8H,3-4,6,9H2,1-2H3,(H,17,19). The molecule has 6 heteroatoms. The second-order valence-electron chi connectivity index (χ2n) is 4.49. The highest BCUT2D eigenvalue weighted by Gasteiger charge is 2.12. The molecule has 0 unspecified atom stereocenters. The molecule has 2 rings (SSSR count). The van der Waals surface area contributed by atoms with Gasteiger partial charge in [0.2, 0.25) is 0 Å². The lowest BCUT2D eigenvalue weighted by Crippen LogP contribution is -2.07. The zero-order chi connectivity index (χ0) is 14.5. The number of hydrogen-bond donors (Lipinski definition) is 1. The Morgan fingerprint density at radius 1 is 1.25 bits per heavy atom. The Bertz CT molecular complexity index is 581. The Morgan fingerprint density at radius 2 is 2.05 bits per heavy atom. The van der Waals surface area contributed by atoms with Crippen molar-refractivity contribution < 1.29 is 0 Å². The first-order valence-corrected chi connectivity index (χ1v) is 7.50. The highest BCUT2D eigenvalue weighted by atomic mass is 35.5. The Balaban J connectivity index is 2.28. The van der Waals surface area contributed by atoms with Gasteiger partial charge in [-0.15, -0.1) is 0 Å². The molecular formula is C14H18Cl2N4. The maximum atomic E-state index is 6.24. The number of pyridine rings is 1. The normalized spacial score (nSPS) is 10.8. The van der Waals surface area contributed by atoms with E-state index in [1.54, 1.807) is 12.3 Å². The summed E-state index contributed by atoms with van der Waals surface area (Å²) in [6.45, 7) is 5.85. The topological polar surface area (TPSA) is 42.7 Å². The number of imidazole rings is 1. The van der Waals surface area contributed by atoms with Crippen LogP contribution in [0.4, 0.5) is 5.82 Å². The first-order valence-electron chi connectivity index (χ1n) is 6.74. The van der Waals surface area contributed by atoms with Crippen LogP contribution in [0.25, 0.3) is 0 Å². The molecule has 0 saturated carbocycles. The lowest BCUT2D eigenvalue weighted by atomic mass is 10.2. The third kappa shape index (κ3) is 3.44. The molecule has 0 aliphatic carbocycles. The summed E-state index contributed by atoms with van der Waals surface area (Å²) in [7, 11) is 0. The molecule has 0 radical (unpaired) electrons. The number of aromatic nitrogens is 3. The van der Waals surface area contributed by atoms with Gasteiger partial charge in [0.15, 0.2) is 0 Å². The van der Waals surface area contributed by atoms with Crippen molar-refractivity contribution >= 4 is 29.0 Å². The third-order valence-corrected chi connectivity index (χ3v) is 3.55. The van der Waals surface area contributed by atoms with Gasteiger partial charge in [0.25, 0.3) is 0 Å². The molecule has 0 saturated heterocycles. The van der Waals surface area contributed by atoms with E-state index in [0.29, 0.717) is 22.3 Å². The van der Waals surface area contributed by atoms with Gasteiger partial charge in [0.05, 0.1) is 15.7 Å². The van der Waals surface area contributed by atoms with Crippen molar-refractivity contribution in [1.29, 1.82) is 0 Å². The van der Waals surface area contributed by atoms with Crippen LogP contribution in [0.15, 0.2) is 18.5 Å². The maximum Gasteiger partial charge on any atom is 0.145 e. The average molecular weight is 313 g/mol. The molecular weight excluding hydrogens is 295 g/mol. The number of nitrogens with zero attached hydrogens (tertiary/aromatic N) is 3. The minimum atomic E-state index is 0.539. The van der Waals surface area contributed by atoms with E-state index in [-0.39, 0.29) is 0 Å². The predicted octanol–water partition coefficient (Wildman–Crippen LogP) is 4.02. The van der Waals surface area contributed by atoms with Crippen LogP contribution in [-0.4, -0.2) is 21.1 Å². The summed E-state index contributed by atoms with van der Waals surface area (Å²) in [4.78, 5) is 8.89. The molecule has 2 aromatic heterocycles.